The number of carboxylic acid groups (broad SMARTS) is 1. The molecule has 9 nitrogen and oxygen atoms in total. The molecule has 1 heterocycles. The molecule has 0 saturated carbocycles. The Bertz CT molecular complexity index is 1010. The maximum atomic E-state index is 13.0. The molecule has 0 fully saturated rings. The van der Waals surface area contributed by atoms with Gasteiger partial charge in [-0.1, -0.05) is 44.2 Å². The summed E-state index contributed by atoms with van der Waals surface area (Å²) in [5.41, 5.74) is 1.84. The van der Waals surface area contributed by atoms with Crippen LogP contribution in [0.15, 0.2) is 48.0 Å². The van der Waals surface area contributed by atoms with E-state index in [0.29, 0.717) is 5.69 Å². The van der Waals surface area contributed by atoms with Gasteiger partial charge in [0, 0.05) is 24.5 Å². The van der Waals surface area contributed by atoms with Crippen molar-refractivity contribution in [2.75, 3.05) is 0 Å². The van der Waals surface area contributed by atoms with Crippen LogP contribution >= 0.6 is 0 Å². The van der Waals surface area contributed by atoms with Gasteiger partial charge in [-0.3, -0.25) is 14.7 Å². The second-order valence-corrected chi connectivity index (χ2v) is 8.08. The van der Waals surface area contributed by atoms with Gasteiger partial charge in [-0.05, 0) is 25.0 Å². The zero-order valence-corrected chi connectivity index (χ0v) is 19.0. The average molecular weight is 455 g/mol. The van der Waals surface area contributed by atoms with Crippen molar-refractivity contribution in [1.29, 1.82) is 0 Å². The maximum Gasteiger partial charge on any atom is 0.331 e. The molecule has 1 aromatic carbocycles. The molecule has 33 heavy (non-hydrogen) atoms. The highest BCUT2D eigenvalue weighted by Crippen LogP contribution is 2.25. The first-order chi connectivity index (χ1) is 15.8. The van der Waals surface area contributed by atoms with Crippen LogP contribution in [0.3, 0.4) is 0 Å². The zero-order chi connectivity index (χ0) is 24.0. The molecule has 1 aromatic heterocycles. The number of carboxylic acids is 1. The number of rotatable bonds is 9. The number of aromatic amines is 1. The zero-order valence-electron chi connectivity index (χ0n) is 19.0. The highest BCUT2D eigenvalue weighted by atomic mass is 16.5. The Kier molecular flexibility index (Phi) is 8.00. The number of amides is 2. The van der Waals surface area contributed by atoms with Crippen LogP contribution in [0, 0.1) is 0 Å². The van der Waals surface area contributed by atoms with Crippen molar-refractivity contribution in [3.05, 3.63) is 53.7 Å². The number of aromatic nitrogens is 2. The molecule has 2 amide bonds. The highest BCUT2D eigenvalue weighted by Gasteiger charge is 2.38. The fraction of sp³-hybridized carbons (Fsp3) is 0.417. The minimum atomic E-state index is -1.08. The second kappa shape index (κ2) is 10.9. The third-order valence-corrected chi connectivity index (χ3v) is 5.71. The molecule has 9 heteroatoms. The molecule has 0 bridgehead atoms. The summed E-state index contributed by atoms with van der Waals surface area (Å²) >= 11 is 0. The lowest BCUT2D eigenvalue weighted by Crippen LogP contribution is -2.59. The number of aliphatic carboxylic acids is 1. The van der Waals surface area contributed by atoms with E-state index in [1.165, 1.54) is 13.0 Å². The lowest BCUT2D eigenvalue weighted by Gasteiger charge is -2.38. The van der Waals surface area contributed by atoms with E-state index in [1.54, 1.807) is 6.07 Å². The van der Waals surface area contributed by atoms with Crippen molar-refractivity contribution in [3.8, 4) is 11.3 Å². The molecule has 0 radical (unpaired) electrons. The van der Waals surface area contributed by atoms with Crippen molar-refractivity contribution in [3.63, 3.8) is 0 Å². The van der Waals surface area contributed by atoms with Gasteiger partial charge in [0.1, 0.15) is 5.69 Å². The smallest absolute Gasteiger partial charge is 0.331 e. The molecular weight excluding hydrogens is 424 g/mol. The molecule has 0 unspecified atom stereocenters. The van der Waals surface area contributed by atoms with Gasteiger partial charge in [0.2, 0.25) is 5.91 Å². The number of hydrogen-bond donors (Lipinski definition) is 4. The van der Waals surface area contributed by atoms with Crippen molar-refractivity contribution in [1.82, 2.24) is 20.8 Å². The fourth-order valence-corrected chi connectivity index (χ4v) is 3.95. The predicted octanol–water partition coefficient (Wildman–Crippen LogP) is 2.67. The van der Waals surface area contributed by atoms with Crippen LogP contribution in [-0.4, -0.2) is 57.4 Å². The summed E-state index contributed by atoms with van der Waals surface area (Å²) in [6.07, 6.45) is 2.27. The van der Waals surface area contributed by atoms with Crippen molar-refractivity contribution in [2.24, 2.45) is 0 Å². The molecule has 0 saturated heterocycles. The Labute approximate surface area is 192 Å². The first-order valence-electron chi connectivity index (χ1n) is 11.1. The van der Waals surface area contributed by atoms with Gasteiger partial charge >= 0.3 is 5.97 Å². The number of ether oxygens (including phenoxy) is 1. The summed E-state index contributed by atoms with van der Waals surface area (Å²) in [4.78, 5) is 36.7. The van der Waals surface area contributed by atoms with Gasteiger partial charge in [-0.2, -0.15) is 5.10 Å². The van der Waals surface area contributed by atoms with Crippen LogP contribution < -0.4 is 10.6 Å². The largest absolute Gasteiger partial charge is 0.478 e. The van der Waals surface area contributed by atoms with Gasteiger partial charge in [0.25, 0.3) is 5.91 Å². The third kappa shape index (κ3) is 6.07. The fourth-order valence-electron chi connectivity index (χ4n) is 3.95. The highest BCUT2D eigenvalue weighted by molar-refractivity contribution is 5.94. The Morgan fingerprint density at radius 3 is 2.48 bits per heavy atom. The van der Waals surface area contributed by atoms with Crippen molar-refractivity contribution < 1.29 is 24.2 Å². The molecule has 0 spiro atoms. The number of benzene rings is 1. The molecular formula is C24H30N4O5. The van der Waals surface area contributed by atoms with Gasteiger partial charge in [-0.15, -0.1) is 0 Å². The van der Waals surface area contributed by atoms with Crippen LogP contribution in [0.5, 0.6) is 0 Å². The molecule has 1 aliphatic rings. The van der Waals surface area contributed by atoms with Crippen LogP contribution in [0.25, 0.3) is 11.3 Å². The number of nitrogens with one attached hydrogen (secondary N) is 3. The summed E-state index contributed by atoms with van der Waals surface area (Å²) < 4.78 is 6.14. The van der Waals surface area contributed by atoms with Crippen molar-refractivity contribution >= 4 is 17.8 Å². The lowest BCUT2D eigenvalue weighted by molar-refractivity contribution is -0.133. The summed E-state index contributed by atoms with van der Waals surface area (Å²) in [6, 6.07) is 9.75. The topological polar surface area (TPSA) is 133 Å². The SMILES string of the molecule is CCC(CC)O[C@@H]1C=C(C(=O)O)C[C@H](NC(=O)c2cc(-c3ccccc3)n[nH]2)[C@H]1NC(C)=O. The summed E-state index contributed by atoms with van der Waals surface area (Å²) in [5, 5.41) is 22.3. The predicted molar refractivity (Wildman–Crippen MR) is 122 cm³/mol. The van der Waals surface area contributed by atoms with E-state index in [4.69, 9.17) is 4.74 Å². The second-order valence-electron chi connectivity index (χ2n) is 8.08. The molecule has 1 aliphatic carbocycles. The molecule has 4 N–H and O–H groups in total. The van der Waals surface area contributed by atoms with Crippen molar-refractivity contribution in [2.45, 2.75) is 64.3 Å². The average Bonchev–Trinajstić information content (AvgIpc) is 3.30. The van der Waals surface area contributed by atoms with Gasteiger partial charge in [-0.25, -0.2) is 4.79 Å². The maximum absolute atomic E-state index is 13.0. The van der Waals surface area contributed by atoms with Gasteiger partial charge < -0.3 is 20.5 Å². The van der Waals surface area contributed by atoms with E-state index in [1.807, 2.05) is 44.2 Å². The number of carbonyl (C=O) groups is 3. The quantitative estimate of drug-likeness (QED) is 0.460. The number of hydrogen-bond acceptors (Lipinski definition) is 5. The summed E-state index contributed by atoms with van der Waals surface area (Å²) in [6.45, 7) is 5.34. The molecule has 0 aliphatic heterocycles. The van der Waals surface area contributed by atoms with Crippen LogP contribution in [0.1, 0.15) is 50.5 Å². The van der Waals surface area contributed by atoms with Crippen LogP contribution in [0.2, 0.25) is 0 Å². The van der Waals surface area contributed by atoms with E-state index >= 15 is 0 Å². The Morgan fingerprint density at radius 2 is 1.88 bits per heavy atom. The Balaban J connectivity index is 1.84. The summed E-state index contributed by atoms with van der Waals surface area (Å²) in [5.74, 6) is -1.82. The van der Waals surface area contributed by atoms with Crippen LogP contribution in [-0.2, 0) is 14.3 Å². The van der Waals surface area contributed by atoms with E-state index in [9.17, 15) is 19.5 Å². The monoisotopic (exact) mass is 454 g/mol. The van der Waals surface area contributed by atoms with E-state index < -0.39 is 30.1 Å². The van der Waals surface area contributed by atoms with E-state index in [2.05, 4.69) is 20.8 Å². The van der Waals surface area contributed by atoms with E-state index in [0.717, 1.165) is 18.4 Å². The molecule has 3 rings (SSSR count). The first-order valence-corrected chi connectivity index (χ1v) is 11.1. The Hall–Kier alpha value is -3.46. The number of H-pyrrole nitrogens is 1. The first kappa shape index (κ1) is 24.2. The summed E-state index contributed by atoms with van der Waals surface area (Å²) in [7, 11) is 0. The minimum absolute atomic E-state index is 0.0501. The normalized spacial score (nSPS) is 20.2. The third-order valence-electron chi connectivity index (χ3n) is 5.71. The molecule has 176 valence electrons. The minimum Gasteiger partial charge on any atom is -0.478 e. The van der Waals surface area contributed by atoms with E-state index in [-0.39, 0.29) is 29.7 Å². The molecule has 2 aromatic rings. The molecule has 3 atom stereocenters. The lowest BCUT2D eigenvalue weighted by atomic mass is 9.87. The van der Waals surface area contributed by atoms with Gasteiger partial charge in [0.15, 0.2) is 0 Å². The standard InChI is InChI=1S/C24H30N4O5/c1-4-17(5-2)33-21-12-16(24(31)32)11-19(22(21)25-14(3)29)26-23(30)20-13-18(27-28-20)15-9-7-6-8-10-15/h6-10,12-13,17,19,21-22H,4-5,11H2,1-3H3,(H,25,29)(H,26,30)(H,27,28)(H,31,32)/t19-,21+,22+/m0/s1. The Morgan fingerprint density at radius 1 is 1.18 bits per heavy atom. The van der Waals surface area contributed by atoms with Crippen LogP contribution in [0.4, 0.5) is 0 Å². The van der Waals surface area contributed by atoms with Gasteiger partial charge in [0.05, 0.1) is 30.0 Å². The number of nitrogens with zero attached hydrogens (tertiary/aromatic N) is 1. The number of carbonyl (C=O) groups excluding carboxylic acids is 2.